The maximum Gasteiger partial charge on any atom is 0.204 e. The second kappa shape index (κ2) is 7.71. The summed E-state index contributed by atoms with van der Waals surface area (Å²) in [4.78, 5) is 35.6. The van der Waals surface area contributed by atoms with Crippen molar-refractivity contribution < 1.29 is 8.83 Å². The molecule has 4 heterocycles. The van der Waals surface area contributed by atoms with Crippen molar-refractivity contribution in [2.75, 3.05) is 0 Å². The molecule has 7 aromatic rings. The zero-order valence-electron chi connectivity index (χ0n) is 18.8. The Morgan fingerprint density at radius 3 is 1.72 bits per heavy atom. The molecule has 36 heavy (non-hydrogen) atoms. The molecule has 0 aliphatic rings. The lowest BCUT2D eigenvalue weighted by Crippen LogP contribution is -2.07. The van der Waals surface area contributed by atoms with Gasteiger partial charge in [0.05, 0.1) is 16.2 Å². The summed E-state index contributed by atoms with van der Waals surface area (Å²) >= 11 is 0. The normalized spacial score (nSPS) is 11.6. The molecular weight excluding hydrogens is 452 g/mol. The summed E-state index contributed by atoms with van der Waals surface area (Å²) in [7, 11) is 0. The smallest absolute Gasteiger partial charge is 0.204 e. The second-order valence-electron chi connectivity index (χ2n) is 8.58. The van der Waals surface area contributed by atoms with Gasteiger partial charge in [-0.3, -0.25) is 19.6 Å². The van der Waals surface area contributed by atoms with Gasteiger partial charge in [-0.15, -0.1) is 0 Å². The molecule has 170 valence electrons. The molecule has 0 bridgehead atoms. The SMILES string of the molecule is O=c1c2cc(-c3cccnc3)ccc2oc2c1ccc1oc3ccc(-c4cccnc4)cc3c(=O)c12. The minimum Gasteiger partial charge on any atom is -0.456 e. The molecule has 7 rings (SSSR count). The van der Waals surface area contributed by atoms with Crippen molar-refractivity contribution in [3.05, 3.63) is 118 Å². The van der Waals surface area contributed by atoms with Crippen LogP contribution in [0.2, 0.25) is 0 Å². The van der Waals surface area contributed by atoms with E-state index in [1.54, 1.807) is 61.2 Å². The monoisotopic (exact) mass is 468 g/mol. The standard InChI is InChI=1S/C30H16N2O4/c33-28-21-7-10-26-27(29(34)23-14-18(5-8-24(23)35-26)20-4-2-12-32-16-20)30(21)36-25-9-6-17(13-22(25)28)19-3-1-11-31-15-19/h1-16H. The fraction of sp³-hybridized carbons (Fsp3) is 0. The minimum absolute atomic E-state index is 0.206. The molecule has 6 nitrogen and oxygen atoms in total. The summed E-state index contributed by atoms with van der Waals surface area (Å²) < 4.78 is 12.3. The molecule has 0 saturated heterocycles. The maximum absolute atomic E-state index is 13.7. The third-order valence-electron chi connectivity index (χ3n) is 6.46. The van der Waals surface area contributed by atoms with Gasteiger partial charge < -0.3 is 8.83 Å². The fourth-order valence-corrected chi connectivity index (χ4v) is 4.68. The zero-order chi connectivity index (χ0) is 24.2. The zero-order valence-corrected chi connectivity index (χ0v) is 18.8. The summed E-state index contributed by atoms with van der Waals surface area (Å²) in [5.74, 6) is 0. The Labute approximate surface area is 203 Å². The van der Waals surface area contributed by atoms with E-state index in [9.17, 15) is 9.59 Å². The van der Waals surface area contributed by atoms with E-state index in [4.69, 9.17) is 8.83 Å². The van der Waals surface area contributed by atoms with E-state index in [1.165, 1.54) is 0 Å². The fourth-order valence-electron chi connectivity index (χ4n) is 4.68. The molecule has 0 amide bonds. The Kier molecular flexibility index (Phi) is 4.35. The van der Waals surface area contributed by atoms with Crippen molar-refractivity contribution in [1.29, 1.82) is 0 Å². The van der Waals surface area contributed by atoms with Gasteiger partial charge in [-0.1, -0.05) is 24.3 Å². The lowest BCUT2D eigenvalue weighted by molar-refractivity contribution is 0.649. The molecule has 0 aliphatic heterocycles. The molecule has 0 unspecified atom stereocenters. The van der Waals surface area contributed by atoms with Crippen LogP contribution < -0.4 is 10.9 Å². The van der Waals surface area contributed by atoms with Gasteiger partial charge in [-0.2, -0.15) is 0 Å². The summed E-state index contributed by atoms with van der Waals surface area (Å²) in [6.07, 6.45) is 6.88. The van der Waals surface area contributed by atoms with Crippen LogP contribution in [0.3, 0.4) is 0 Å². The molecule has 0 saturated carbocycles. The lowest BCUT2D eigenvalue weighted by Gasteiger charge is -2.08. The quantitative estimate of drug-likeness (QED) is 0.218. The number of nitrogens with zero attached hydrogens (tertiary/aromatic N) is 2. The predicted octanol–water partition coefficient (Wildman–Crippen LogP) is 6.33. The van der Waals surface area contributed by atoms with Crippen molar-refractivity contribution >= 4 is 43.9 Å². The number of benzene rings is 3. The van der Waals surface area contributed by atoms with E-state index in [1.807, 2.05) is 36.4 Å². The van der Waals surface area contributed by atoms with Gasteiger partial charge in [-0.25, -0.2) is 0 Å². The first-order chi connectivity index (χ1) is 17.7. The Morgan fingerprint density at radius 1 is 0.528 bits per heavy atom. The molecule has 0 aliphatic carbocycles. The van der Waals surface area contributed by atoms with Gasteiger partial charge >= 0.3 is 0 Å². The van der Waals surface area contributed by atoms with E-state index >= 15 is 0 Å². The van der Waals surface area contributed by atoms with Gasteiger partial charge in [0.2, 0.25) is 10.9 Å². The number of pyridine rings is 2. The Morgan fingerprint density at radius 2 is 1.11 bits per heavy atom. The highest BCUT2D eigenvalue weighted by atomic mass is 16.3. The first-order valence-electron chi connectivity index (χ1n) is 11.4. The number of hydrogen-bond donors (Lipinski definition) is 0. The Bertz CT molecular complexity index is 2080. The highest BCUT2D eigenvalue weighted by molar-refractivity contribution is 6.07. The van der Waals surface area contributed by atoms with Crippen LogP contribution in [-0.2, 0) is 0 Å². The van der Waals surface area contributed by atoms with Crippen molar-refractivity contribution in [3.8, 4) is 22.3 Å². The van der Waals surface area contributed by atoms with Crippen LogP contribution in [0.1, 0.15) is 0 Å². The summed E-state index contributed by atoms with van der Waals surface area (Å²) in [6.45, 7) is 0. The minimum atomic E-state index is -0.253. The number of hydrogen-bond acceptors (Lipinski definition) is 6. The van der Waals surface area contributed by atoms with Crippen LogP contribution in [0.15, 0.2) is 116 Å². The average Bonchev–Trinajstić information content (AvgIpc) is 2.94. The topological polar surface area (TPSA) is 86.2 Å². The molecular formula is C30H16N2O4. The average molecular weight is 468 g/mol. The molecule has 0 fully saturated rings. The van der Waals surface area contributed by atoms with Crippen LogP contribution in [0.5, 0.6) is 0 Å². The summed E-state index contributed by atoms with van der Waals surface area (Å²) in [6, 6.07) is 21.7. The lowest BCUT2D eigenvalue weighted by atomic mass is 10.0. The molecule has 6 heteroatoms. The number of fused-ring (bicyclic) bond motifs is 5. The van der Waals surface area contributed by atoms with Crippen molar-refractivity contribution in [2.24, 2.45) is 0 Å². The van der Waals surface area contributed by atoms with E-state index < -0.39 is 0 Å². The molecule has 3 aromatic carbocycles. The molecule has 0 N–H and O–H groups in total. The van der Waals surface area contributed by atoms with Gasteiger partial charge in [-0.05, 0) is 59.7 Å². The van der Waals surface area contributed by atoms with Crippen LogP contribution in [0.4, 0.5) is 0 Å². The Hall–Kier alpha value is -5.10. The third-order valence-corrected chi connectivity index (χ3v) is 6.46. The molecule has 0 atom stereocenters. The molecule has 0 radical (unpaired) electrons. The van der Waals surface area contributed by atoms with Gasteiger partial charge in [0.15, 0.2) is 5.58 Å². The first-order valence-corrected chi connectivity index (χ1v) is 11.4. The molecule has 4 aromatic heterocycles. The summed E-state index contributed by atoms with van der Waals surface area (Å²) in [5.41, 5.74) is 4.48. The third kappa shape index (κ3) is 3.05. The van der Waals surface area contributed by atoms with E-state index in [0.29, 0.717) is 32.9 Å². The highest BCUT2D eigenvalue weighted by Crippen LogP contribution is 2.30. The van der Waals surface area contributed by atoms with Crippen LogP contribution >= 0.6 is 0 Å². The second-order valence-corrected chi connectivity index (χ2v) is 8.58. The first kappa shape index (κ1) is 20.3. The van der Waals surface area contributed by atoms with Crippen LogP contribution in [0.25, 0.3) is 66.1 Å². The number of aromatic nitrogens is 2. The largest absolute Gasteiger partial charge is 0.456 e. The number of rotatable bonds is 2. The van der Waals surface area contributed by atoms with Gasteiger partial charge in [0, 0.05) is 35.9 Å². The predicted molar refractivity (Wildman–Crippen MR) is 140 cm³/mol. The van der Waals surface area contributed by atoms with Crippen molar-refractivity contribution in [3.63, 3.8) is 0 Å². The van der Waals surface area contributed by atoms with E-state index in [2.05, 4.69) is 9.97 Å². The van der Waals surface area contributed by atoms with E-state index in [0.717, 1.165) is 22.3 Å². The van der Waals surface area contributed by atoms with Crippen molar-refractivity contribution in [1.82, 2.24) is 9.97 Å². The van der Waals surface area contributed by atoms with Gasteiger partial charge in [0.25, 0.3) is 0 Å². The van der Waals surface area contributed by atoms with Gasteiger partial charge in [0.1, 0.15) is 22.1 Å². The van der Waals surface area contributed by atoms with E-state index in [-0.39, 0.29) is 21.8 Å². The van der Waals surface area contributed by atoms with Crippen LogP contribution in [-0.4, -0.2) is 9.97 Å². The highest BCUT2D eigenvalue weighted by Gasteiger charge is 2.17. The molecule has 0 spiro atoms. The Balaban J connectivity index is 1.52. The maximum atomic E-state index is 13.7. The van der Waals surface area contributed by atoms with Crippen LogP contribution in [0, 0.1) is 0 Å². The summed E-state index contributed by atoms with van der Waals surface area (Å²) in [5, 5.41) is 1.42. The van der Waals surface area contributed by atoms with Crippen molar-refractivity contribution in [2.45, 2.75) is 0 Å².